The molecule has 0 aliphatic rings. The van der Waals surface area contributed by atoms with E-state index < -0.39 is 0 Å². The molecule has 0 aromatic heterocycles. The van der Waals surface area contributed by atoms with Crippen LogP contribution in [0, 0.1) is 4.91 Å². The number of nitrogens with one attached hydrogen (secondary N) is 1. The third-order valence-electron chi connectivity index (χ3n) is 1.09. The van der Waals surface area contributed by atoms with Crippen LogP contribution in [0.25, 0.3) is 0 Å². The zero-order valence-corrected chi connectivity index (χ0v) is 6.46. The first-order valence-corrected chi connectivity index (χ1v) is 3.54. The third-order valence-corrected chi connectivity index (χ3v) is 1.09. The van der Waals surface area contributed by atoms with E-state index in [1.54, 1.807) is 0 Å². The average molecular weight is 146 g/mol. The molecule has 0 bridgehead atoms. The summed E-state index contributed by atoms with van der Waals surface area (Å²) in [4.78, 5) is 9.70. The minimum atomic E-state index is -0.211. The quantitative estimate of drug-likeness (QED) is 0.350. The minimum absolute atomic E-state index is 0.211. The van der Waals surface area contributed by atoms with Gasteiger partial charge in [0, 0.05) is 6.61 Å². The van der Waals surface area contributed by atoms with Crippen molar-refractivity contribution in [2.24, 2.45) is 5.29 Å². The van der Waals surface area contributed by atoms with Crippen molar-refractivity contribution >= 4 is 0 Å². The summed E-state index contributed by atoms with van der Waals surface area (Å²) in [5.74, 6) is 0. The second kappa shape index (κ2) is 6.48. The van der Waals surface area contributed by atoms with Crippen molar-refractivity contribution in [3.8, 4) is 0 Å². The third kappa shape index (κ3) is 4.26. The normalized spacial score (nSPS) is 12.6. The van der Waals surface area contributed by atoms with Crippen molar-refractivity contribution in [3.63, 3.8) is 0 Å². The first-order valence-electron chi connectivity index (χ1n) is 3.54. The maximum atomic E-state index is 9.70. The van der Waals surface area contributed by atoms with Crippen molar-refractivity contribution < 1.29 is 4.74 Å². The Hall–Kier alpha value is -0.640. The van der Waals surface area contributed by atoms with Crippen molar-refractivity contribution in [2.75, 3.05) is 6.61 Å². The molecule has 0 aliphatic heterocycles. The molecule has 10 heavy (non-hydrogen) atoms. The van der Waals surface area contributed by atoms with Gasteiger partial charge in [-0.25, -0.2) is 5.43 Å². The highest BCUT2D eigenvalue weighted by Gasteiger charge is 2.02. The molecule has 0 spiro atoms. The topological polar surface area (TPSA) is 50.7 Å². The lowest BCUT2D eigenvalue weighted by molar-refractivity contribution is 0.0280. The lowest BCUT2D eigenvalue weighted by Gasteiger charge is -2.11. The Balaban J connectivity index is 3.29. The molecule has 0 saturated carbocycles. The van der Waals surface area contributed by atoms with Gasteiger partial charge in [-0.1, -0.05) is 13.8 Å². The largest absolute Gasteiger partial charge is 0.357 e. The summed E-state index contributed by atoms with van der Waals surface area (Å²) in [5.41, 5.74) is 2.31. The Morgan fingerprint density at radius 1 is 1.60 bits per heavy atom. The maximum Gasteiger partial charge on any atom is 0.145 e. The summed E-state index contributed by atoms with van der Waals surface area (Å²) in [6, 6.07) is 0. The zero-order chi connectivity index (χ0) is 7.82. The molecule has 1 atom stereocenters. The molecule has 0 amide bonds. The van der Waals surface area contributed by atoms with E-state index in [9.17, 15) is 4.91 Å². The van der Waals surface area contributed by atoms with E-state index >= 15 is 0 Å². The Labute approximate surface area is 60.9 Å². The fraction of sp³-hybridized carbons (Fsp3) is 1.00. The molecule has 0 aromatic carbocycles. The fourth-order valence-electron chi connectivity index (χ4n) is 0.565. The van der Waals surface area contributed by atoms with E-state index in [0.717, 1.165) is 12.8 Å². The van der Waals surface area contributed by atoms with Crippen molar-refractivity contribution in [1.82, 2.24) is 5.43 Å². The van der Waals surface area contributed by atoms with E-state index in [-0.39, 0.29) is 6.23 Å². The number of nitroso groups, excluding NO2 is 1. The van der Waals surface area contributed by atoms with Gasteiger partial charge in [0.25, 0.3) is 0 Å². The van der Waals surface area contributed by atoms with Crippen LogP contribution in [0.4, 0.5) is 0 Å². The highest BCUT2D eigenvalue weighted by molar-refractivity contribution is 4.46. The molecule has 1 N–H and O–H groups in total. The predicted octanol–water partition coefficient (Wildman–Crippen LogP) is 1.42. The van der Waals surface area contributed by atoms with E-state index in [1.807, 2.05) is 13.8 Å². The van der Waals surface area contributed by atoms with Crippen molar-refractivity contribution in [3.05, 3.63) is 4.91 Å². The second-order valence-electron chi connectivity index (χ2n) is 1.99. The van der Waals surface area contributed by atoms with Gasteiger partial charge in [-0.3, -0.25) is 0 Å². The van der Waals surface area contributed by atoms with Gasteiger partial charge in [0.1, 0.15) is 6.23 Å². The first-order chi connectivity index (χ1) is 4.85. The highest BCUT2D eigenvalue weighted by Crippen LogP contribution is 1.93. The fourth-order valence-corrected chi connectivity index (χ4v) is 0.565. The van der Waals surface area contributed by atoms with Crippen LogP contribution in [-0.4, -0.2) is 12.8 Å². The van der Waals surface area contributed by atoms with Gasteiger partial charge >= 0.3 is 0 Å². The molecule has 0 heterocycles. The summed E-state index contributed by atoms with van der Waals surface area (Å²) in [7, 11) is 0. The van der Waals surface area contributed by atoms with Gasteiger partial charge in [-0.05, 0) is 12.8 Å². The van der Waals surface area contributed by atoms with Gasteiger partial charge in [-0.15, -0.1) is 4.91 Å². The van der Waals surface area contributed by atoms with Gasteiger partial charge in [0.15, 0.2) is 0 Å². The smallest absolute Gasteiger partial charge is 0.145 e. The van der Waals surface area contributed by atoms with Gasteiger partial charge < -0.3 is 4.74 Å². The molecule has 0 fully saturated rings. The molecule has 0 aromatic rings. The number of nitrogens with zero attached hydrogens (tertiary/aromatic N) is 1. The number of rotatable bonds is 6. The van der Waals surface area contributed by atoms with Gasteiger partial charge in [0.05, 0.1) is 5.29 Å². The molecule has 0 radical (unpaired) electrons. The molecular formula is C6H14N2O2. The maximum absolute atomic E-state index is 9.70. The molecule has 4 nitrogen and oxygen atoms in total. The van der Waals surface area contributed by atoms with Crippen LogP contribution in [-0.2, 0) is 4.74 Å². The Kier molecular flexibility index (Phi) is 6.06. The molecule has 60 valence electrons. The summed E-state index contributed by atoms with van der Waals surface area (Å²) >= 11 is 0. The summed E-state index contributed by atoms with van der Waals surface area (Å²) in [6.45, 7) is 4.61. The molecule has 4 heteroatoms. The van der Waals surface area contributed by atoms with Crippen LogP contribution in [0.5, 0.6) is 0 Å². The minimum Gasteiger partial charge on any atom is -0.357 e. The Bertz CT molecular complexity index is 87.8. The SMILES string of the molecule is CCCOC(CC)NN=O. The first kappa shape index (κ1) is 9.36. The van der Waals surface area contributed by atoms with Crippen LogP contribution in [0.15, 0.2) is 5.29 Å². The summed E-state index contributed by atoms with van der Waals surface area (Å²) in [6.07, 6.45) is 1.50. The van der Waals surface area contributed by atoms with Crippen LogP contribution in [0.1, 0.15) is 26.7 Å². The van der Waals surface area contributed by atoms with E-state index in [1.165, 1.54) is 0 Å². The Morgan fingerprint density at radius 2 is 2.30 bits per heavy atom. The van der Waals surface area contributed by atoms with Crippen LogP contribution in [0.2, 0.25) is 0 Å². The average Bonchev–Trinajstić information content (AvgIpc) is 1.98. The van der Waals surface area contributed by atoms with E-state index in [4.69, 9.17) is 4.74 Å². The van der Waals surface area contributed by atoms with Crippen molar-refractivity contribution in [1.29, 1.82) is 0 Å². The van der Waals surface area contributed by atoms with E-state index in [2.05, 4.69) is 10.7 Å². The number of hydrogen-bond donors (Lipinski definition) is 1. The Morgan fingerprint density at radius 3 is 2.70 bits per heavy atom. The van der Waals surface area contributed by atoms with Crippen LogP contribution in [0.3, 0.4) is 0 Å². The molecule has 1 unspecified atom stereocenters. The molecule has 0 saturated heterocycles. The molecular weight excluding hydrogens is 132 g/mol. The summed E-state index contributed by atoms with van der Waals surface area (Å²) in [5, 5.41) is 2.53. The van der Waals surface area contributed by atoms with Crippen LogP contribution >= 0.6 is 0 Å². The zero-order valence-electron chi connectivity index (χ0n) is 6.46. The summed E-state index contributed by atoms with van der Waals surface area (Å²) < 4.78 is 5.18. The van der Waals surface area contributed by atoms with Crippen LogP contribution < -0.4 is 5.43 Å². The van der Waals surface area contributed by atoms with Gasteiger partial charge in [-0.2, -0.15) is 0 Å². The monoisotopic (exact) mass is 146 g/mol. The van der Waals surface area contributed by atoms with E-state index in [0.29, 0.717) is 6.61 Å². The standard InChI is InChI=1S/C6H14N2O2/c1-3-5-10-6(4-2)7-8-9/h6H,3-5H2,1-2H3,(H,7,9). The number of ether oxygens (including phenoxy) is 1. The second-order valence-corrected chi connectivity index (χ2v) is 1.99. The molecule has 0 aliphatic carbocycles. The van der Waals surface area contributed by atoms with Crippen molar-refractivity contribution in [2.45, 2.75) is 32.9 Å². The lowest BCUT2D eigenvalue weighted by atomic mass is 10.4. The number of hydrogen-bond acceptors (Lipinski definition) is 3. The highest BCUT2D eigenvalue weighted by atomic mass is 16.5. The molecule has 0 rings (SSSR count). The lowest BCUT2D eigenvalue weighted by Crippen LogP contribution is -2.26. The van der Waals surface area contributed by atoms with Gasteiger partial charge in [0.2, 0.25) is 0 Å². The predicted molar refractivity (Wildman–Crippen MR) is 39.3 cm³/mol.